The number of halogens is 1. The van der Waals surface area contributed by atoms with Crippen LogP contribution < -0.4 is 10.2 Å². The van der Waals surface area contributed by atoms with Crippen molar-refractivity contribution in [3.05, 3.63) is 30.1 Å². The van der Waals surface area contributed by atoms with Crippen LogP contribution >= 0.6 is 23.1 Å². The van der Waals surface area contributed by atoms with Gasteiger partial charge in [0, 0.05) is 23.9 Å². The molecule has 1 fully saturated rings. The Morgan fingerprint density at radius 2 is 2.15 bits per heavy atom. The van der Waals surface area contributed by atoms with Crippen LogP contribution in [0.1, 0.15) is 26.7 Å². The number of carbonyl (C=O) groups is 2. The highest BCUT2D eigenvalue weighted by Crippen LogP contribution is 2.31. The summed E-state index contributed by atoms with van der Waals surface area (Å²) in [4.78, 5) is 26.2. The highest BCUT2D eigenvalue weighted by atomic mass is 32.2. The lowest BCUT2D eigenvalue weighted by Crippen LogP contribution is -2.28. The molecule has 1 aromatic carbocycles. The van der Waals surface area contributed by atoms with E-state index in [1.807, 2.05) is 0 Å². The van der Waals surface area contributed by atoms with Crippen LogP contribution in [0.5, 0.6) is 0 Å². The van der Waals surface area contributed by atoms with E-state index in [2.05, 4.69) is 29.4 Å². The number of nitrogens with one attached hydrogen (secondary N) is 1. The summed E-state index contributed by atoms with van der Waals surface area (Å²) in [6.45, 7) is 4.48. The van der Waals surface area contributed by atoms with Gasteiger partial charge in [0.2, 0.25) is 16.9 Å². The third-order valence-electron chi connectivity index (χ3n) is 4.15. The first-order chi connectivity index (χ1) is 12.5. The predicted octanol–water partition coefficient (Wildman–Crippen LogP) is 3.56. The second-order valence-electron chi connectivity index (χ2n) is 6.08. The molecule has 0 unspecified atom stereocenters. The highest BCUT2D eigenvalue weighted by molar-refractivity contribution is 8.01. The smallest absolute Gasteiger partial charge is 0.231 e. The van der Waals surface area contributed by atoms with E-state index >= 15 is 0 Å². The minimum Gasteiger partial charge on any atom is -0.312 e. The van der Waals surface area contributed by atoms with Crippen molar-refractivity contribution in [2.45, 2.75) is 36.3 Å². The van der Waals surface area contributed by atoms with Crippen molar-refractivity contribution in [3.63, 3.8) is 0 Å². The zero-order valence-electron chi connectivity index (χ0n) is 14.4. The molecule has 9 heteroatoms. The fourth-order valence-electron chi connectivity index (χ4n) is 2.52. The molecule has 6 nitrogen and oxygen atoms in total. The van der Waals surface area contributed by atoms with Crippen LogP contribution in [0.2, 0.25) is 0 Å². The summed E-state index contributed by atoms with van der Waals surface area (Å²) in [5.41, 5.74) is 0.592. The van der Waals surface area contributed by atoms with Gasteiger partial charge in [-0.3, -0.25) is 9.59 Å². The number of hydrogen-bond donors (Lipinski definition) is 1. The molecular formula is C17H19FN4O2S2. The summed E-state index contributed by atoms with van der Waals surface area (Å²) in [7, 11) is 0. The van der Waals surface area contributed by atoms with Crippen LogP contribution in [0.25, 0.3) is 0 Å². The van der Waals surface area contributed by atoms with Gasteiger partial charge in [-0.1, -0.05) is 36.9 Å². The fraction of sp³-hybridized carbons (Fsp3) is 0.412. The quantitative estimate of drug-likeness (QED) is 0.599. The van der Waals surface area contributed by atoms with E-state index in [4.69, 9.17) is 0 Å². The van der Waals surface area contributed by atoms with Gasteiger partial charge >= 0.3 is 0 Å². The molecule has 26 heavy (non-hydrogen) atoms. The first-order valence-electron chi connectivity index (χ1n) is 8.33. The maximum absolute atomic E-state index is 13.0. The van der Waals surface area contributed by atoms with E-state index in [9.17, 15) is 14.0 Å². The lowest BCUT2D eigenvalue weighted by Gasteiger charge is -2.16. The van der Waals surface area contributed by atoms with Crippen molar-refractivity contribution in [1.82, 2.24) is 10.2 Å². The van der Waals surface area contributed by atoms with Gasteiger partial charge in [0.05, 0.1) is 5.92 Å². The standard InChI is InChI=1S/C17H19FN4O2S2/c1-3-10(2)25-17-21-20-16(26-17)19-15(24)11-8-14(23)22(9-11)13-6-4-12(18)5-7-13/h4-7,10-11H,3,8-9H2,1-2H3,(H,19,20,24)/t10-,11+/m1/s1. The average Bonchev–Trinajstić information content (AvgIpc) is 3.22. The predicted molar refractivity (Wildman–Crippen MR) is 101 cm³/mol. The molecule has 0 spiro atoms. The number of rotatable bonds is 6. The molecule has 138 valence electrons. The Balaban J connectivity index is 1.60. The Labute approximate surface area is 159 Å². The molecule has 2 heterocycles. The minimum absolute atomic E-state index is 0.122. The van der Waals surface area contributed by atoms with Gasteiger partial charge in [-0.15, -0.1) is 10.2 Å². The maximum atomic E-state index is 13.0. The van der Waals surface area contributed by atoms with Gasteiger partial charge in [0.1, 0.15) is 5.82 Å². The topological polar surface area (TPSA) is 75.2 Å². The molecule has 3 rings (SSSR count). The molecule has 1 N–H and O–H groups in total. The van der Waals surface area contributed by atoms with Crippen molar-refractivity contribution in [2.24, 2.45) is 5.92 Å². The van der Waals surface area contributed by atoms with Gasteiger partial charge in [0.15, 0.2) is 4.34 Å². The van der Waals surface area contributed by atoms with Gasteiger partial charge in [-0.05, 0) is 30.7 Å². The van der Waals surface area contributed by atoms with Crippen LogP contribution in [0, 0.1) is 11.7 Å². The Kier molecular flexibility index (Phi) is 5.87. The third-order valence-corrected chi connectivity index (χ3v) is 6.34. The Hall–Kier alpha value is -2.00. The monoisotopic (exact) mass is 394 g/mol. The molecule has 1 aliphatic heterocycles. The molecule has 0 aliphatic carbocycles. The van der Waals surface area contributed by atoms with Crippen molar-refractivity contribution in [1.29, 1.82) is 0 Å². The second kappa shape index (κ2) is 8.13. The van der Waals surface area contributed by atoms with Crippen molar-refractivity contribution in [2.75, 3.05) is 16.8 Å². The van der Waals surface area contributed by atoms with Gasteiger partial charge in [-0.2, -0.15) is 0 Å². The van der Waals surface area contributed by atoms with Gasteiger partial charge < -0.3 is 10.2 Å². The lowest BCUT2D eigenvalue weighted by molar-refractivity contribution is -0.122. The zero-order chi connectivity index (χ0) is 18.7. The molecule has 1 saturated heterocycles. The van der Waals surface area contributed by atoms with E-state index in [-0.39, 0.29) is 30.6 Å². The molecule has 1 aliphatic rings. The lowest BCUT2D eigenvalue weighted by atomic mass is 10.1. The summed E-state index contributed by atoms with van der Waals surface area (Å²) >= 11 is 2.96. The molecule has 0 bridgehead atoms. The van der Waals surface area contributed by atoms with Crippen molar-refractivity contribution in [3.8, 4) is 0 Å². The van der Waals surface area contributed by atoms with E-state index in [1.54, 1.807) is 11.8 Å². The van der Waals surface area contributed by atoms with Crippen molar-refractivity contribution < 1.29 is 14.0 Å². The number of thioether (sulfide) groups is 1. The number of aromatic nitrogens is 2. The SMILES string of the molecule is CC[C@@H](C)Sc1nnc(NC(=O)[C@H]2CC(=O)N(c3ccc(F)cc3)C2)s1. The number of nitrogens with zero attached hydrogens (tertiary/aromatic N) is 3. The minimum atomic E-state index is -0.470. The van der Waals surface area contributed by atoms with Crippen LogP contribution in [-0.4, -0.2) is 33.8 Å². The molecule has 2 aromatic rings. The molecule has 0 radical (unpaired) electrons. The number of anilines is 2. The number of benzene rings is 1. The van der Waals surface area contributed by atoms with E-state index in [0.29, 0.717) is 16.1 Å². The molecule has 0 saturated carbocycles. The highest BCUT2D eigenvalue weighted by Gasteiger charge is 2.35. The summed E-state index contributed by atoms with van der Waals surface area (Å²) in [6.07, 6.45) is 1.14. The Morgan fingerprint density at radius 1 is 1.42 bits per heavy atom. The average molecular weight is 394 g/mol. The number of carbonyl (C=O) groups excluding carboxylic acids is 2. The molecular weight excluding hydrogens is 375 g/mol. The largest absolute Gasteiger partial charge is 0.312 e. The van der Waals surface area contributed by atoms with Crippen LogP contribution in [-0.2, 0) is 9.59 Å². The van der Waals surface area contributed by atoms with E-state index in [0.717, 1.165) is 10.8 Å². The van der Waals surface area contributed by atoms with Crippen LogP contribution in [0.3, 0.4) is 0 Å². The van der Waals surface area contributed by atoms with Gasteiger partial charge in [0.25, 0.3) is 0 Å². The Morgan fingerprint density at radius 3 is 2.85 bits per heavy atom. The fourth-order valence-corrected chi connectivity index (χ4v) is 4.53. The van der Waals surface area contributed by atoms with E-state index < -0.39 is 5.92 Å². The second-order valence-corrected chi connectivity index (χ2v) is 8.74. The number of amides is 2. The van der Waals surface area contributed by atoms with Crippen LogP contribution in [0.4, 0.5) is 15.2 Å². The zero-order valence-corrected chi connectivity index (χ0v) is 16.1. The van der Waals surface area contributed by atoms with Crippen molar-refractivity contribution >= 4 is 45.7 Å². The molecule has 1 aromatic heterocycles. The Bertz CT molecular complexity index is 796. The summed E-state index contributed by atoms with van der Waals surface area (Å²) in [5, 5.41) is 11.7. The summed E-state index contributed by atoms with van der Waals surface area (Å²) in [6, 6.07) is 5.68. The van der Waals surface area contributed by atoms with Gasteiger partial charge in [-0.25, -0.2) is 4.39 Å². The third kappa shape index (κ3) is 4.39. The summed E-state index contributed by atoms with van der Waals surface area (Å²) in [5.74, 6) is -1.24. The maximum Gasteiger partial charge on any atom is 0.231 e. The van der Waals surface area contributed by atoms with Crippen LogP contribution in [0.15, 0.2) is 28.6 Å². The molecule has 2 amide bonds. The summed E-state index contributed by atoms with van der Waals surface area (Å²) < 4.78 is 13.9. The number of hydrogen-bond acceptors (Lipinski definition) is 6. The molecule has 2 atom stereocenters. The van der Waals surface area contributed by atoms with E-state index in [1.165, 1.54) is 40.5 Å². The first-order valence-corrected chi connectivity index (χ1v) is 10.0. The normalized spacial score (nSPS) is 18.2. The first kappa shape index (κ1) is 18.8.